The van der Waals surface area contributed by atoms with Gasteiger partial charge in [0.1, 0.15) is 12.6 Å². The van der Waals surface area contributed by atoms with Crippen LogP contribution in [0.25, 0.3) is 0 Å². The van der Waals surface area contributed by atoms with Crippen LogP contribution >= 0.6 is 0 Å². The zero-order valence-corrected chi connectivity index (χ0v) is 16.3. The number of hydrogen-bond acceptors (Lipinski definition) is 5. The van der Waals surface area contributed by atoms with E-state index in [1.807, 2.05) is 24.3 Å². The maximum Gasteiger partial charge on any atom is 0.329 e. The highest BCUT2D eigenvalue weighted by molar-refractivity contribution is 5.95. The van der Waals surface area contributed by atoms with Crippen molar-refractivity contribution < 1.29 is 27.9 Å². The molecule has 0 bridgehead atoms. The molecular formula is C23H20FNO5. The number of nitrogens with zero attached hydrogens (tertiary/aromatic N) is 1. The molecule has 1 amide bonds. The van der Waals surface area contributed by atoms with E-state index in [9.17, 15) is 14.0 Å². The molecule has 2 aromatic carbocycles. The maximum atomic E-state index is 13.9. The lowest BCUT2D eigenvalue weighted by molar-refractivity contribution is -0.151. The Kier molecular flexibility index (Phi) is 5.52. The van der Waals surface area contributed by atoms with Gasteiger partial charge in [-0.2, -0.15) is 0 Å². The summed E-state index contributed by atoms with van der Waals surface area (Å²) in [6.07, 6.45) is 1.75. The lowest BCUT2D eigenvalue weighted by atomic mass is 9.93. The molecule has 7 heteroatoms. The minimum atomic E-state index is -0.805. The number of carbonyl (C=O) groups is 2. The molecule has 1 unspecified atom stereocenters. The maximum absolute atomic E-state index is 13.9. The number of esters is 1. The standard InChI is InChI=1S/C23H20FNO5/c1-28-20-9-8-15(11-18(20)24)14-30-23(27)19-12-16-5-2-3-6-17(16)13-25(19)22(26)21-7-4-10-29-21/h2-11,19H,12-14H2,1H3. The van der Waals surface area contributed by atoms with E-state index in [1.54, 1.807) is 18.2 Å². The SMILES string of the molecule is COc1ccc(COC(=O)C2Cc3ccccc3CN2C(=O)c2ccco2)cc1F. The van der Waals surface area contributed by atoms with E-state index < -0.39 is 17.8 Å². The van der Waals surface area contributed by atoms with Crippen molar-refractivity contribution in [3.8, 4) is 5.75 Å². The van der Waals surface area contributed by atoms with Gasteiger partial charge in [0, 0.05) is 13.0 Å². The third-order valence-electron chi connectivity index (χ3n) is 5.11. The summed E-state index contributed by atoms with van der Waals surface area (Å²) in [5.41, 5.74) is 2.44. The van der Waals surface area contributed by atoms with Gasteiger partial charge in [-0.25, -0.2) is 9.18 Å². The Balaban J connectivity index is 1.53. The minimum Gasteiger partial charge on any atom is -0.494 e. The normalized spacial score (nSPS) is 15.4. The first-order chi connectivity index (χ1) is 14.6. The number of methoxy groups -OCH3 is 1. The fourth-order valence-corrected chi connectivity index (χ4v) is 3.54. The van der Waals surface area contributed by atoms with Gasteiger partial charge in [-0.1, -0.05) is 30.3 Å². The van der Waals surface area contributed by atoms with Crippen molar-refractivity contribution in [3.05, 3.63) is 89.1 Å². The van der Waals surface area contributed by atoms with Crippen LogP contribution < -0.4 is 4.74 Å². The fraction of sp³-hybridized carbons (Fsp3) is 0.217. The van der Waals surface area contributed by atoms with Crippen LogP contribution in [-0.4, -0.2) is 29.9 Å². The van der Waals surface area contributed by atoms with Crippen LogP contribution in [0.2, 0.25) is 0 Å². The molecule has 0 spiro atoms. The lowest BCUT2D eigenvalue weighted by Gasteiger charge is -2.34. The van der Waals surface area contributed by atoms with Gasteiger partial charge in [0.25, 0.3) is 5.91 Å². The van der Waals surface area contributed by atoms with Crippen molar-refractivity contribution in [2.45, 2.75) is 25.6 Å². The molecule has 1 atom stereocenters. The van der Waals surface area contributed by atoms with Crippen LogP contribution in [-0.2, 0) is 29.1 Å². The van der Waals surface area contributed by atoms with Crippen molar-refractivity contribution >= 4 is 11.9 Å². The second-order valence-electron chi connectivity index (χ2n) is 6.98. The second-order valence-corrected chi connectivity index (χ2v) is 6.98. The average Bonchev–Trinajstić information content (AvgIpc) is 3.31. The molecule has 3 aromatic rings. The van der Waals surface area contributed by atoms with E-state index in [0.29, 0.717) is 12.0 Å². The molecule has 1 aliphatic rings. The molecule has 0 saturated heterocycles. The monoisotopic (exact) mass is 409 g/mol. The molecule has 0 radical (unpaired) electrons. The number of benzene rings is 2. The van der Waals surface area contributed by atoms with Crippen molar-refractivity contribution in [2.75, 3.05) is 7.11 Å². The third-order valence-corrected chi connectivity index (χ3v) is 5.11. The molecule has 0 fully saturated rings. The van der Waals surface area contributed by atoms with Crippen LogP contribution in [0.3, 0.4) is 0 Å². The van der Waals surface area contributed by atoms with Gasteiger partial charge in [0.15, 0.2) is 17.3 Å². The highest BCUT2D eigenvalue weighted by atomic mass is 19.1. The van der Waals surface area contributed by atoms with Gasteiger partial charge < -0.3 is 18.8 Å². The molecule has 0 aliphatic carbocycles. The summed E-state index contributed by atoms with van der Waals surface area (Å²) in [5, 5.41) is 0. The second kappa shape index (κ2) is 8.41. The molecule has 2 heterocycles. The Bertz CT molecular complexity index is 1060. The number of fused-ring (bicyclic) bond motifs is 1. The first kappa shape index (κ1) is 19.7. The molecule has 4 rings (SSSR count). The van der Waals surface area contributed by atoms with E-state index in [1.165, 1.54) is 30.4 Å². The van der Waals surface area contributed by atoms with Gasteiger partial charge in [0.2, 0.25) is 0 Å². The molecule has 1 aromatic heterocycles. The van der Waals surface area contributed by atoms with Gasteiger partial charge in [0.05, 0.1) is 13.4 Å². The number of ether oxygens (including phenoxy) is 2. The first-order valence-electron chi connectivity index (χ1n) is 9.47. The van der Waals surface area contributed by atoms with E-state index in [-0.39, 0.29) is 30.6 Å². The number of halogens is 1. The smallest absolute Gasteiger partial charge is 0.329 e. The van der Waals surface area contributed by atoms with Crippen LogP contribution in [0.1, 0.15) is 27.2 Å². The number of rotatable bonds is 5. The van der Waals surface area contributed by atoms with E-state index in [0.717, 1.165) is 11.1 Å². The molecular weight excluding hydrogens is 389 g/mol. The van der Waals surface area contributed by atoms with Gasteiger partial charge >= 0.3 is 5.97 Å². The summed E-state index contributed by atoms with van der Waals surface area (Å²) in [6, 6.07) is 14.4. The van der Waals surface area contributed by atoms with Crippen LogP contribution in [0.15, 0.2) is 65.3 Å². The molecule has 30 heavy (non-hydrogen) atoms. The summed E-state index contributed by atoms with van der Waals surface area (Å²) in [6.45, 7) is 0.160. The minimum absolute atomic E-state index is 0.110. The molecule has 1 aliphatic heterocycles. The molecule has 6 nitrogen and oxygen atoms in total. The topological polar surface area (TPSA) is 69.0 Å². The third kappa shape index (κ3) is 3.91. The quantitative estimate of drug-likeness (QED) is 0.601. The predicted molar refractivity (Wildman–Crippen MR) is 105 cm³/mol. The van der Waals surface area contributed by atoms with E-state index in [4.69, 9.17) is 13.9 Å². The van der Waals surface area contributed by atoms with E-state index >= 15 is 0 Å². The Hall–Kier alpha value is -3.61. The number of furan rings is 1. The number of carbonyl (C=O) groups excluding carboxylic acids is 2. The Morgan fingerprint density at radius 2 is 1.93 bits per heavy atom. The zero-order valence-electron chi connectivity index (χ0n) is 16.3. The molecule has 0 saturated carbocycles. The Morgan fingerprint density at radius 1 is 1.13 bits per heavy atom. The van der Waals surface area contributed by atoms with Gasteiger partial charge in [-0.05, 0) is 41.0 Å². The lowest BCUT2D eigenvalue weighted by Crippen LogP contribution is -2.49. The molecule has 154 valence electrons. The highest BCUT2D eigenvalue weighted by Crippen LogP contribution is 2.26. The first-order valence-corrected chi connectivity index (χ1v) is 9.47. The van der Waals surface area contributed by atoms with Gasteiger partial charge in [-0.3, -0.25) is 4.79 Å². The largest absolute Gasteiger partial charge is 0.494 e. The Morgan fingerprint density at radius 3 is 2.63 bits per heavy atom. The average molecular weight is 409 g/mol. The summed E-state index contributed by atoms with van der Waals surface area (Å²) in [5.74, 6) is -1.20. The van der Waals surface area contributed by atoms with Crippen molar-refractivity contribution in [2.24, 2.45) is 0 Å². The Labute approximate surface area is 172 Å². The predicted octanol–water partition coefficient (Wildman–Crippen LogP) is 3.74. The summed E-state index contributed by atoms with van der Waals surface area (Å²) < 4.78 is 29.5. The summed E-state index contributed by atoms with van der Waals surface area (Å²) >= 11 is 0. The van der Waals surface area contributed by atoms with Crippen molar-refractivity contribution in [1.82, 2.24) is 4.90 Å². The van der Waals surface area contributed by atoms with Crippen LogP contribution in [0, 0.1) is 5.82 Å². The van der Waals surface area contributed by atoms with Crippen LogP contribution in [0.4, 0.5) is 4.39 Å². The fourth-order valence-electron chi connectivity index (χ4n) is 3.54. The number of amides is 1. The summed E-state index contributed by atoms with van der Waals surface area (Å²) in [7, 11) is 1.38. The van der Waals surface area contributed by atoms with Gasteiger partial charge in [-0.15, -0.1) is 0 Å². The van der Waals surface area contributed by atoms with E-state index in [2.05, 4.69) is 0 Å². The highest BCUT2D eigenvalue weighted by Gasteiger charge is 2.37. The van der Waals surface area contributed by atoms with Crippen LogP contribution in [0.5, 0.6) is 5.75 Å². The van der Waals surface area contributed by atoms with Crippen molar-refractivity contribution in [3.63, 3.8) is 0 Å². The zero-order chi connectivity index (χ0) is 21.1. The molecule has 0 N–H and O–H groups in total. The number of hydrogen-bond donors (Lipinski definition) is 0. The summed E-state index contributed by atoms with van der Waals surface area (Å²) in [4.78, 5) is 27.3. The van der Waals surface area contributed by atoms with Crippen molar-refractivity contribution in [1.29, 1.82) is 0 Å².